The molecule has 0 aromatic rings. The summed E-state index contributed by atoms with van der Waals surface area (Å²) in [7, 11) is 0. The van der Waals surface area contributed by atoms with Gasteiger partial charge in [-0.2, -0.15) is 0 Å². The molecule has 3 heteroatoms. The van der Waals surface area contributed by atoms with Crippen LogP contribution in [0.2, 0.25) is 0 Å². The summed E-state index contributed by atoms with van der Waals surface area (Å²) >= 11 is 6.84. The maximum absolute atomic E-state index is 5.41. The van der Waals surface area contributed by atoms with Gasteiger partial charge in [-0.3, -0.25) is 0 Å². The van der Waals surface area contributed by atoms with Gasteiger partial charge >= 0.3 is 0 Å². The molecule has 0 N–H and O–H groups in total. The topological polar surface area (TPSA) is 14.1 Å². The smallest absolute Gasteiger partial charge is 0.0693 e. The second kappa shape index (κ2) is 1.67. The number of rotatable bonds is 0. The van der Waals surface area contributed by atoms with Crippen LogP contribution in [0.1, 0.15) is 0 Å². The zero-order valence-corrected chi connectivity index (χ0v) is 4.46. The summed E-state index contributed by atoms with van der Waals surface area (Å²) in [5, 5.41) is 0. The predicted molar refractivity (Wildman–Crippen MR) is 29.7 cm³/mol. The van der Waals surface area contributed by atoms with Gasteiger partial charge < -0.3 is 0 Å². The molecule has 1 nitrogen and oxygen atoms in total. The molecular weight excluding hydrogens is 118 g/mol. The Balaban J connectivity index is 2.61. The average molecular weight is 120 g/mol. The molecule has 0 atom stereocenters. The van der Waals surface area contributed by atoms with E-state index in [1.54, 1.807) is 11.7 Å². The van der Waals surface area contributed by atoms with Crippen LogP contribution in [0.5, 0.6) is 0 Å². The molecule has 0 saturated heterocycles. The highest BCUT2D eigenvalue weighted by molar-refractivity contribution is 8.16. The Hall–Kier alpha value is 0.0500. The van der Waals surface area contributed by atoms with Crippen molar-refractivity contribution in [2.24, 2.45) is 0 Å². The standard InChI is InChI=1S/C3H2ClNS/c4-3-1-5-2-6-3/h1-2H/q+1. The Morgan fingerprint density at radius 1 is 1.83 bits per heavy atom. The highest BCUT2D eigenvalue weighted by atomic mass is 35.5. The number of aliphatic imine (C=N–C) groups is 1. The monoisotopic (exact) mass is 119 g/mol. The van der Waals surface area contributed by atoms with Gasteiger partial charge in [-0.25, -0.2) is 0 Å². The first kappa shape index (κ1) is 4.22. The normalized spacial score (nSPS) is 18.5. The largest absolute Gasteiger partial charge is 0.281 e. The summed E-state index contributed by atoms with van der Waals surface area (Å²) in [4.78, 5) is 3.71. The van der Waals surface area contributed by atoms with E-state index in [2.05, 4.69) is 4.99 Å². The molecule has 0 spiro atoms. The second-order valence-corrected chi connectivity index (χ2v) is 2.32. The zero-order chi connectivity index (χ0) is 4.41. The van der Waals surface area contributed by atoms with Crippen molar-refractivity contribution in [2.45, 2.75) is 0 Å². The maximum atomic E-state index is 5.41. The van der Waals surface area contributed by atoms with E-state index in [0.717, 1.165) is 4.36 Å². The molecule has 0 fully saturated rings. The number of hydrogen-bond donors (Lipinski definition) is 0. The first-order valence-electron chi connectivity index (χ1n) is 1.43. The summed E-state index contributed by atoms with van der Waals surface area (Å²) in [6.07, 6.45) is 1.62. The van der Waals surface area contributed by atoms with E-state index in [1.807, 2.05) is 0 Å². The quantitative estimate of drug-likeness (QED) is 0.466. The average Bonchev–Trinajstić information content (AvgIpc) is 1.86. The van der Waals surface area contributed by atoms with E-state index < -0.39 is 0 Å². The summed E-state index contributed by atoms with van der Waals surface area (Å²) in [6, 6.07) is 0. The van der Waals surface area contributed by atoms with E-state index >= 15 is 0 Å². The molecule has 1 aliphatic heterocycles. The van der Waals surface area contributed by atoms with Crippen LogP contribution in [0.15, 0.2) is 10.6 Å². The first-order chi connectivity index (χ1) is 2.89. The van der Waals surface area contributed by atoms with Crippen LogP contribution in [-0.4, -0.2) is 5.55 Å². The fourth-order valence-corrected chi connectivity index (χ4v) is 0.720. The van der Waals surface area contributed by atoms with Gasteiger partial charge in [0, 0.05) is 0 Å². The zero-order valence-electron chi connectivity index (χ0n) is 2.89. The number of hydrogen-bond acceptors (Lipinski definition) is 2. The van der Waals surface area contributed by atoms with Gasteiger partial charge in [0.15, 0.2) is 4.36 Å². The number of thioether (sulfide) groups is 1. The van der Waals surface area contributed by atoms with Gasteiger partial charge in [-0.15, -0.1) is 0 Å². The van der Waals surface area contributed by atoms with Crippen LogP contribution < -0.4 is 4.99 Å². The summed E-state index contributed by atoms with van der Waals surface area (Å²) < 4.78 is 0.745. The molecule has 0 bridgehead atoms. The lowest BCUT2D eigenvalue weighted by atomic mass is 11.0. The van der Waals surface area contributed by atoms with Gasteiger partial charge in [-0.1, -0.05) is 11.6 Å². The fraction of sp³-hybridized carbons (Fsp3) is 0. The molecule has 0 unspecified atom stereocenters. The summed E-state index contributed by atoms with van der Waals surface area (Å²) in [6.45, 7) is 0. The van der Waals surface area contributed by atoms with Crippen molar-refractivity contribution < 1.29 is 0 Å². The van der Waals surface area contributed by atoms with Crippen molar-refractivity contribution in [3.63, 3.8) is 0 Å². The second-order valence-electron chi connectivity index (χ2n) is 0.806. The molecule has 0 aliphatic carbocycles. The molecule has 0 amide bonds. The maximum Gasteiger partial charge on any atom is 0.281 e. The molecule has 0 aromatic carbocycles. The van der Waals surface area contributed by atoms with Crippen molar-refractivity contribution in [1.82, 2.24) is 4.99 Å². The van der Waals surface area contributed by atoms with Gasteiger partial charge in [0.1, 0.15) is 0 Å². The molecule has 6 heavy (non-hydrogen) atoms. The van der Waals surface area contributed by atoms with Crippen LogP contribution in [0, 0.1) is 0 Å². The summed E-state index contributed by atoms with van der Waals surface area (Å²) in [5.41, 5.74) is 1.70. The van der Waals surface area contributed by atoms with Gasteiger partial charge in [-0.05, 0) is 11.8 Å². The lowest BCUT2D eigenvalue weighted by Crippen LogP contribution is -1.61. The molecule has 1 radical (unpaired) electrons. The van der Waals surface area contributed by atoms with Gasteiger partial charge in [0.2, 0.25) is 0 Å². The number of nitrogens with zero attached hydrogens (tertiary/aromatic N) is 1. The van der Waals surface area contributed by atoms with Crippen molar-refractivity contribution in [2.75, 3.05) is 0 Å². The summed E-state index contributed by atoms with van der Waals surface area (Å²) in [5.74, 6) is 0. The number of halogens is 1. The third-order valence-electron chi connectivity index (χ3n) is 0.402. The molecule has 1 rings (SSSR count). The van der Waals surface area contributed by atoms with Gasteiger partial charge in [0.25, 0.3) is 11.7 Å². The van der Waals surface area contributed by atoms with Crippen molar-refractivity contribution >= 4 is 28.9 Å². The van der Waals surface area contributed by atoms with Crippen LogP contribution in [0.3, 0.4) is 0 Å². The highest BCUT2D eigenvalue weighted by Crippen LogP contribution is 2.17. The van der Waals surface area contributed by atoms with Crippen molar-refractivity contribution in [1.29, 1.82) is 0 Å². The van der Waals surface area contributed by atoms with E-state index in [0.29, 0.717) is 0 Å². The SMILES string of the molecule is ClC1=C[N+]=CS1. The minimum atomic E-state index is 0.745. The molecule has 0 saturated carbocycles. The Bertz CT molecular complexity index is 107. The Kier molecular flexibility index (Phi) is 1.17. The minimum absolute atomic E-state index is 0.745. The van der Waals surface area contributed by atoms with Gasteiger partial charge in [0.05, 0.1) is 4.99 Å². The van der Waals surface area contributed by atoms with Crippen molar-refractivity contribution in [3.8, 4) is 0 Å². The third kappa shape index (κ3) is 0.758. The molecule has 31 valence electrons. The molecule has 0 aromatic heterocycles. The van der Waals surface area contributed by atoms with E-state index in [-0.39, 0.29) is 0 Å². The Labute approximate surface area is 45.1 Å². The first-order valence-corrected chi connectivity index (χ1v) is 2.69. The van der Waals surface area contributed by atoms with E-state index in [4.69, 9.17) is 11.6 Å². The highest BCUT2D eigenvalue weighted by Gasteiger charge is 2.04. The lowest BCUT2D eigenvalue weighted by Gasteiger charge is -1.64. The van der Waals surface area contributed by atoms with Crippen molar-refractivity contribution in [3.05, 3.63) is 10.6 Å². The Morgan fingerprint density at radius 2 is 2.67 bits per heavy atom. The van der Waals surface area contributed by atoms with Crippen LogP contribution in [-0.2, 0) is 0 Å². The molecular formula is C3H2ClNS+. The third-order valence-corrected chi connectivity index (χ3v) is 1.32. The fourth-order valence-electron chi connectivity index (χ4n) is 0.200. The van der Waals surface area contributed by atoms with E-state index in [1.165, 1.54) is 11.8 Å². The lowest BCUT2D eigenvalue weighted by molar-refractivity contribution is 1.44. The Morgan fingerprint density at radius 3 is 2.83 bits per heavy atom. The predicted octanol–water partition coefficient (Wildman–Crippen LogP) is 1.14. The molecule has 1 heterocycles. The van der Waals surface area contributed by atoms with Crippen LogP contribution >= 0.6 is 23.4 Å². The van der Waals surface area contributed by atoms with Crippen LogP contribution in [0.25, 0.3) is 0 Å². The molecule has 1 aliphatic rings. The van der Waals surface area contributed by atoms with E-state index in [9.17, 15) is 0 Å². The minimum Gasteiger partial charge on any atom is -0.0693 e. The van der Waals surface area contributed by atoms with Crippen LogP contribution in [0.4, 0.5) is 0 Å².